The number of alkyl halides is 2. The molecule has 1 aromatic rings. The molecule has 156 valence electrons. The minimum Gasteiger partial charge on any atom is -0.203 e. The fourth-order valence-electron chi connectivity index (χ4n) is 6.31. The summed E-state index contributed by atoms with van der Waals surface area (Å²) in [5, 5.41) is 0. The highest BCUT2D eigenvalue weighted by atomic mass is 19.3. The van der Waals surface area contributed by atoms with Gasteiger partial charge in [-0.3, -0.25) is 0 Å². The summed E-state index contributed by atoms with van der Waals surface area (Å²) >= 11 is 0. The molecule has 0 aromatic heterocycles. The summed E-state index contributed by atoms with van der Waals surface area (Å²) in [5.74, 6) is -4.37. The number of benzene rings is 1. The van der Waals surface area contributed by atoms with E-state index in [0.29, 0.717) is 17.9 Å². The van der Waals surface area contributed by atoms with Crippen LogP contribution in [0.4, 0.5) is 17.6 Å². The highest BCUT2D eigenvalue weighted by Gasteiger charge is 2.54. The number of hydrogen-bond donors (Lipinski definition) is 0. The summed E-state index contributed by atoms with van der Waals surface area (Å²) in [4.78, 5) is 0. The molecule has 3 aliphatic rings. The number of halogens is 4. The molecule has 0 radical (unpaired) electrons. The fraction of sp³-hybridized carbons (Fsp3) is 0.750. The van der Waals surface area contributed by atoms with E-state index >= 15 is 8.78 Å². The van der Waals surface area contributed by atoms with E-state index in [1.807, 2.05) is 0 Å². The Balaban J connectivity index is 1.47. The van der Waals surface area contributed by atoms with E-state index in [1.54, 1.807) is 6.92 Å². The molecule has 1 aromatic carbocycles. The number of fused-ring (bicyclic) bond motifs is 1. The molecule has 0 nitrogen and oxygen atoms in total. The van der Waals surface area contributed by atoms with Crippen LogP contribution < -0.4 is 0 Å². The Kier molecular flexibility index (Phi) is 5.52. The van der Waals surface area contributed by atoms with Crippen molar-refractivity contribution in [1.82, 2.24) is 0 Å². The normalized spacial score (nSPS) is 35.0. The van der Waals surface area contributed by atoms with Crippen LogP contribution in [0.15, 0.2) is 6.07 Å². The average Bonchev–Trinajstić information content (AvgIpc) is 2.96. The van der Waals surface area contributed by atoms with Crippen LogP contribution in [0, 0.1) is 41.2 Å². The van der Waals surface area contributed by atoms with Gasteiger partial charge < -0.3 is 0 Å². The van der Waals surface area contributed by atoms with Gasteiger partial charge in [0.15, 0.2) is 11.6 Å². The Morgan fingerprint density at radius 3 is 1.96 bits per heavy atom. The zero-order chi connectivity index (χ0) is 20.1. The van der Waals surface area contributed by atoms with Crippen molar-refractivity contribution in [2.75, 3.05) is 0 Å². The van der Waals surface area contributed by atoms with E-state index in [2.05, 4.69) is 6.92 Å². The Morgan fingerprint density at radius 2 is 1.39 bits per heavy atom. The lowest BCUT2D eigenvalue weighted by atomic mass is 9.67. The van der Waals surface area contributed by atoms with Crippen molar-refractivity contribution in [3.8, 4) is 0 Å². The third-order valence-electron chi connectivity index (χ3n) is 8.10. The highest BCUT2D eigenvalue weighted by molar-refractivity contribution is 5.42. The Labute approximate surface area is 166 Å². The maximum atomic E-state index is 15.2. The van der Waals surface area contributed by atoms with Crippen molar-refractivity contribution in [2.24, 2.45) is 29.6 Å². The summed E-state index contributed by atoms with van der Waals surface area (Å²) in [6.45, 7) is 4.04. The van der Waals surface area contributed by atoms with E-state index in [0.717, 1.165) is 37.5 Å². The van der Waals surface area contributed by atoms with Gasteiger partial charge in [-0.05, 0) is 86.2 Å². The van der Waals surface area contributed by atoms with Gasteiger partial charge in [-0.25, -0.2) is 17.6 Å². The van der Waals surface area contributed by atoms with E-state index in [1.165, 1.54) is 31.7 Å². The maximum Gasteiger partial charge on any atom is 0.279 e. The van der Waals surface area contributed by atoms with E-state index in [9.17, 15) is 8.78 Å². The van der Waals surface area contributed by atoms with E-state index in [-0.39, 0.29) is 17.9 Å². The molecule has 0 saturated heterocycles. The fourth-order valence-corrected chi connectivity index (χ4v) is 6.31. The van der Waals surface area contributed by atoms with Crippen molar-refractivity contribution in [1.29, 1.82) is 0 Å². The van der Waals surface area contributed by atoms with Gasteiger partial charge in [0.1, 0.15) is 0 Å². The first-order valence-corrected chi connectivity index (χ1v) is 11.2. The number of hydrogen-bond acceptors (Lipinski definition) is 0. The molecule has 1 atom stereocenters. The smallest absolute Gasteiger partial charge is 0.203 e. The minimum absolute atomic E-state index is 0.0892. The highest BCUT2D eigenvalue weighted by Crippen LogP contribution is 2.54. The molecule has 0 aliphatic heterocycles. The van der Waals surface area contributed by atoms with Crippen LogP contribution in [0.2, 0.25) is 0 Å². The van der Waals surface area contributed by atoms with Crippen molar-refractivity contribution in [3.05, 3.63) is 34.4 Å². The van der Waals surface area contributed by atoms with Gasteiger partial charge in [0.05, 0.1) is 5.56 Å². The SMILES string of the molecule is CCc1cc2c(c(F)c1F)C(F)(F)C(C1CCC(C3CCC(C)CC3)CC1)C2. The predicted octanol–water partition coefficient (Wildman–Crippen LogP) is 7.42. The van der Waals surface area contributed by atoms with E-state index < -0.39 is 29.0 Å². The minimum atomic E-state index is -3.26. The third-order valence-corrected chi connectivity index (χ3v) is 8.10. The van der Waals surface area contributed by atoms with Crippen LogP contribution in [0.1, 0.15) is 81.9 Å². The van der Waals surface area contributed by atoms with Crippen LogP contribution in [0.3, 0.4) is 0 Å². The molecule has 4 heteroatoms. The molecule has 0 spiro atoms. The van der Waals surface area contributed by atoms with Gasteiger partial charge in [-0.15, -0.1) is 0 Å². The van der Waals surface area contributed by atoms with Crippen molar-refractivity contribution >= 4 is 0 Å². The molecule has 1 unspecified atom stereocenters. The second-order valence-corrected chi connectivity index (χ2v) is 9.68. The zero-order valence-corrected chi connectivity index (χ0v) is 17.0. The lowest BCUT2D eigenvalue weighted by molar-refractivity contribution is -0.0856. The summed E-state index contributed by atoms with van der Waals surface area (Å²) in [5.41, 5.74) is -0.118. The van der Waals surface area contributed by atoms with Crippen LogP contribution >= 0.6 is 0 Å². The molecule has 2 saturated carbocycles. The van der Waals surface area contributed by atoms with Gasteiger partial charge in [0.2, 0.25) is 0 Å². The van der Waals surface area contributed by atoms with Gasteiger partial charge >= 0.3 is 0 Å². The van der Waals surface area contributed by atoms with Crippen molar-refractivity contribution in [2.45, 2.75) is 84.0 Å². The molecule has 4 rings (SSSR count). The Bertz CT molecular complexity index is 710. The number of aryl methyl sites for hydroxylation is 1. The standard InChI is InChI=1S/C24H32F4/c1-3-15-12-19-13-20(24(27,28)21(19)23(26)22(15)25)18-10-8-17(9-11-18)16-6-4-14(2)5-7-16/h12,14,16-18,20H,3-11,13H2,1-2H3. The van der Waals surface area contributed by atoms with Crippen LogP contribution in [0.5, 0.6) is 0 Å². The van der Waals surface area contributed by atoms with E-state index in [4.69, 9.17) is 0 Å². The first kappa shape index (κ1) is 20.2. The molecule has 0 amide bonds. The molecular formula is C24H32F4. The summed E-state index contributed by atoms with van der Waals surface area (Å²) in [7, 11) is 0. The topological polar surface area (TPSA) is 0 Å². The lowest BCUT2D eigenvalue weighted by Crippen LogP contribution is -2.33. The monoisotopic (exact) mass is 396 g/mol. The van der Waals surface area contributed by atoms with Gasteiger partial charge in [-0.2, -0.15) is 0 Å². The molecule has 3 aliphatic carbocycles. The zero-order valence-electron chi connectivity index (χ0n) is 17.0. The summed E-state index contributed by atoms with van der Waals surface area (Å²) < 4.78 is 58.9. The first-order valence-electron chi connectivity index (χ1n) is 11.2. The summed E-state index contributed by atoms with van der Waals surface area (Å²) in [6, 6.07) is 1.48. The van der Waals surface area contributed by atoms with Gasteiger partial charge in [0, 0.05) is 5.92 Å². The molecule has 0 heterocycles. The molecule has 2 fully saturated rings. The van der Waals surface area contributed by atoms with Crippen LogP contribution in [-0.2, 0) is 18.8 Å². The molecule has 28 heavy (non-hydrogen) atoms. The average molecular weight is 397 g/mol. The first-order chi connectivity index (χ1) is 13.3. The molecular weight excluding hydrogens is 364 g/mol. The largest absolute Gasteiger partial charge is 0.279 e. The van der Waals surface area contributed by atoms with Crippen molar-refractivity contribution < 1.29 is 17.6 Å². The second kappa shape index (κ2) is 7.65. The third kappa shape index (κ3) is 3.39. The lowest BCUT2D eigenvalue weighted by Gasteiger charge is -2.39. The quantitative estimate of drug-likeness (QED) is 0.466. The van der Waals surface area contributed by atoms with Crippen LogP contribution in [0.25, 0.3) is 0 Å². The van der Waals surface area contributed by atoms with Crippen molar-refractivity contribution in [3.63, 3.8) is 0 Å². The predicted molar refractivity (Wildman–Crippen MR) is 103 cm³/mol. The maximum absolute atomic E-state index is 15.2. The van der Waals surface area contributed by atoms with Crippen LogP contribution in [-0.4, -0.2) is 0 Å². The number of rotatable bonds is 3. The Hall–Kier alpha value is -1.06. The van der Waals surface area contributed by atoms with Gasteiger partial charge in [-0.1, -0.05) is 32.8 Å². The Morgan fingerprint density at radius 1 is 0.857 bits per heavy atom. The molecule has 0 N–H and O–H groups in total. The molecule has 0 bridgehead atoms. The van der Waals surface area contributed by atoms with Gasteiger partial charge in [0.25, 0.3) is 5.92 Å². The summed E-state index contributed by atoms with van der Waals surface area (Å²) in [6.07, 6.45) is 9.30. The second-order valence-electron chi connectivity index (χ2n) is 9.68.